The largest absolute Gasteiger partial charge is 0.305 e. The van der Waals surface area contributed by atoms with Crippen LogP contribution in [-0.4, -0.2) is 31.4 Å². The normalized spacial score (nSPS) is 10.5. The highest BCUT2D eigenvalue weighted by Gasteiger charge is 2.09. The number of thioether (sulfide) groups is 1. The van der Waals surface area contributed by atoms with Gasteiger partial charge in [-0.1, -0.05) is 13.0 Å². The summed E-state index contributed by atoms with van der Waals surface area (Å²) in [6, 6.07) is 11.0. The number of nitrogens with zero attached hydrogens (tertiary/aromatic N) is 4. The molecular formula is C17H17N5OS. The molecule has 0 spiro atoms. The smallest absolute Gasteiger partial charge is 0.257 e. The molecule has 0 aromatic carbocycles. The second-order valence-electron chi connectivity index (χ2n) is 4.99. The van der Waals surface area contributed by atoms with Gasteiger partial charge in [0, 0.05) is 30.2 Å². The third-order valence-electron chi connectivity index (χ3n) is 3.22. The van der Waals surface area contributed by atoms with E-state index in [9.17, 15) is 4.79 Å². The molecule has 122 valence electrons. The fourth-order valence-corrected chi connectivity index (χ4v) is 2.78. The molecule has 0 saturated heterocycles. The van der Waals surface area contributed by atoms with E-state index in [1.165, 1.54) is 0 Å². The monoisotopic (exact) mass is 339 g/mol. The Labute approximate surface area is 144 Å². The zero-order chi connectivity index (χ0) is 16.8. The second kappa shape index (κ2) is 7.74. The zero-order valence-corrected chi connectivity index (χ0v) is 14.0. The van der Waals surface area contributed by atoms with Gasteiger partial charge in [-0.3, -0.25) is 14.5 Å². The number of rotatable bonds is 6. The van der Waals surface area contributed by atoms with Crippen molar-refractivity contribution in [3.63, 3.8) is 0 Å². The minimum Gasteiger partial charge on any atom is -0.305 e. The molecule has 0 fully saturated rings. The number of amides is 1. The molecule has 0 radical (unpaired) electrons. The van der Waals surface area contributed by atoms with Crippen LogP contribution in [0.2, 0.25) is 0 Å². The highest BCUT2D eigenvalue weighted by molar-refractivity contribution is 7.99. The maximum atomic E-state index is 12.3. The Morgan fingerprint density at radius 2 is 2.12 bits per heavy atom. The van der Waals surface area contributed by atoms with Gasteiger partial charge in [0.25, 0.3) is 5.91 Å². The van der Waals surface area contributed by atoms with Crippen molar-refractivity contribution < 1.29 is 4.79 Å². The lowest BCUT2D eigenvalue weighted by molar-refractivity contribution is 0.102. The summed E-state index contributed by atoms with van der Waals surface area (Å²) in [5.41, 5.74) is 1.48. The van der Waals surface area contributed by atoms with E-state index in [-0.39, 0.29) is 5.91 Å². The molecule has 0 aliphatic carbocycles. The lowest BCUT2D eigenvalue weighted by Gasteiger charge is -2.04. The average molecular weight is 339 g/mol. The molecule has 6 nitrogen and oxygen atoms in total. The summed E-state index contributed by atoms with van der Waals surface area (Å²) in [5.74, 6) is 1.23. The van der Waals surface area contributed by atoms with Gasteiger partial charge in [0.2, 0.25) is 0 Å². The number of hydrogen-bond acceptors (Lipinski definition) is 5. The summed E-state index contributed by atoms with van der Waals surface area (Å²) in [5, 5.41) is 8.00. The maximum absolute atomic E-state index is 12.3. The Morgan fingerprint density at radius 1 is 1.21 bits per heavy atom. The van der Waals surface area contributed by atoms with Crippen LogP contribution in [0.3, 0.4) is 0 Å². The van der Waals surface area contributed by atoms with Crippen LogP contribution in [0.5, 0.6) is 0 Å². The van der Waals surface area contributed by atoms with Crippen LogP contribution in [0.1, 0.15) is 23.0 Å². The van der Waals surface area contributed by atoms with Gasteiger partial charge in [0.1, 0.15) is 0 Å². The fraction of sp³-hybridized carbons (Fsp3) is 0.176. The molecule has 1 N–H and O–H groups in total. The van der Waals surface area contributed by atoms with Crippen molar-refractivity contribution in [3.8, 4) is 0 Å². The minimum absolute atomic E-state index is 0.196. The Kier molecular flexibility index (Phi) is 5.22. The number of pyridine rings is 2. The van der Waals surface area contributed by atoms with Crippen molar-refractivity contribution in [1.82, 2.24) is 19.7 Å². The lowest BCUT2D eigenvalue weighted by atomic mass is 10.2. The molecule has 0 atom stereocenters. The minimum atomic E-state index is -0.196. The van der Waals surface area contributed by atoms with E-state index in [4.69, 9.17) is 0 Å². The molecule has 0 unspecified atom stereocenters. The molecule has 3 heterocycles. The Balaban J connectivity index is 1.66. The van der Waals surface area contributed by atoms with Gasteiger partial charge in [-0.05, 0) is 30.0 Å². The first-order chi connectivity index (χ1) is 11.7. The quantitative estimate of drug-likeness (QED) is 0.699. The highest BCUT2D eigenvalue weighted by atomic mass is 32.2. The number of hydrogen-bond donors (Lipinski definition) is 1. The van der Waals surface area contributed by atoms with Crippen LogP contribution in [0, 0.1) is 0 Å². The molecule has 0 aliphatic rings. The van der Waals surface area contributed by atoms with Gasteiger partial charge in [-0.25, -0.2) is 4.98 Å². The van der Waals surface area contributed by atoms with Gasteiger partial charge in [0.05, 0.1) is 17.3 Å². The molecule has 7 heteroatoms. The molecule has 0 saturated carbocycles. The van der Waals surface area contributed by atoms with Crippen molar-refractivity contribution in [1.29, 1.82) is 0 Å². The van der Waals surface area contributed by atoms with Gasteiger partial charge < -0.3 is 5.32 Å². The standard InChI is InChI=1S/C17H17N5OS/c1-2-24-16-11-13(6-9-19-16)17(23)20-15-7-10-22(21-15)12-14-5-3-4-8-18-14/h3-11H,2,12H2,1H3,(H,20,21,23). The van der Waals surface area contributed by atoms with Crippen LogP contribution in [0.4, 0.5) is 5.82 Å². The van der Waals surface area contributed by atoms with E-state index in [2.05, 4.69) is 20.4 Å². The van der Waals surface area contributed by atoms with E-state index >= 15 is 0 Å². The first-order valence-electron chi connectivity index (χ1n) is 7.58. The van der Waals surface area contributed by atoms with Crippen molar-refractivity contribution in [2.24, 2.45) is 0 Å². The Bertz CT molecular complexity index is 819. The number of aromatic nitrogens is 4. The summed E-state index contributed by atoms with van der Waals surface area (Å²) >= 11 is 1.60. The number of anilines is 1. The summed E-state index contributed by atoms with van der Waals surface area (Å²) in [6.07, 6.45) is 5.21. The number of carbonyl (C=O) groups excluding carboxylic acids is 1. The van der Waals surface area contributed by atoms with Crippen LogP contribution in [0.25, 0.3) is 0 Å². The van der Waals surface area contributed by atoms with E-state index in [0.29, 0.717) is 17.9 Å². The molecule has 0 aliphatic heterocycles. The molecule has 0 bridgehead atoms. The third kappa shape index (κ3) is 4.20. The van der Waals surface area contributed by atoms with Crippen molar-refractivity contribution in [3.05, 3.63) is 66.2 Å². The zero-order valence-electron chi connectivity index (χ0n) is 13.2. The van der Waals surface area contributed by atoms with Crippen LogP contribution < -0.4 is 5.32 Å². The van der Waals surface area contributed by atoms with E-state index < -0.39 is 0 Å². The fourth-order valence-electron chi connectivity index (χ4n) is 2.14. The van der Waals surface area contributed by atoms with Crippen LogP contribution >= 0.6 is 11.8 Å². The molecule has 24 heavy (non-hydrogen) atoms. The first-order valence-corrected chi connectivity index (χ1v) is 8.56. The highest BCUT2D eigenvalue weighted by Crippen LogP contribution is 2.16. The Morgan fingerprint density at radius 3 is 2.92 bits per heavy atom. The SMILES string of the molecule is CCSc1cc(C(=O)Nc2ccn(Cc3ccccn3)n2)ccn1. The van der Waals surface area contributed by atoms with E-state index in [1.807, 2.05) is 31.3 Å². The van der Waals surface area contributed by atoms with Crippen molar-refractivity contribution >= 4 is 23.5 Å². The Hall–Kier alpha value is -2.67. The summed E-state index contributed by atoms with van der Waals surface area (Å²) < 4.78 is 1.74. The topological polar surface area (TPSA) is 72.7 Å². The van der Waals surface area contributed by atoms with Gasteiger partial charge in [-0.15, -0.1) is 11.8 Å². The van der Waals surface area contributed by atoms with Crippen LogP contribution in [0.15, 0.2) is 60.0 Å². The third-order valence-corrected chi connectivity index (χ3v) is 4.03. The molecule has 3 aromatic rings. The summed E-state index contributed by atoms with van der Waals surface area (Å²) in [6.45, 7) is 2.61. The van der Waals surface area contributed by atoms with Gasteiger partial charge in [-0.2, -0.15) is 5.10 Å². The van der Waals surface area contributed by atoms with E-state index in [0.717, 1.165) is 16.5 Å². The van der Waals surface area contributed by atoms with Gasteiger partial charge >= 0.3 is 0 Å². The van der Waals surface area contributed by atoms with Crippen molar-refractivity contribution in [2.75, 3.05) is 11.1 Å². The predicted molar refractivity (Wildman–Crippen MR) is 94.2 cm³/mol. The lowest BCUT2D eigenvalue weighted by Crippen LogP contribution is -2.13. The second-order valence-corrected chi connectivity index (χ2v) is 6.27. The average Bonchev–Trinajstić information content (AvgIpc) is 3.03. The number of nitrogens with one attached hydrogen (secondary N) is 1. The molecule has 1 amide bonds. The van der Waals surface area contributed by atoms with Crippen LogP contribution in [-0.2, 0) is 6.54 Å². The van der Waals surface area contributed by atoms with E-state index in [1.54, 1.807) is 47.0 Å². The van der Waals surface area contributed by atoms with Gasteiger partial charge in [0.15, 0.2) is 5.82 Å². The first kappa shape index (κ1) is 16.2. The molecular weight excluding hydrogens is 322 g/mol. The van der Waals surface area contributed by atoms with Crippen molar-refractivity contribution in [2.45, 2.75) is 18.5 Å². The predicted octanol–water partition coefficient (Wildman–Crippen LogP) is 3.09. The maximum Gasteiger partial charge on any atom is 0.257 e. The summed E-state index contributed by atoms with van der Waals surface area (Å²) in [7, 11) is 0. The molecule has 3 rings (SSSR count). The summed E-state index contributed by atoms with van der Waals surface area (Å²) in [4.78, 5) is 20.8. The number of carbonyl (C=O) groups is 1. The molecule has 3 aromatic heterocycles.